The fourth-order valence-electron chi connectivity index (χ4n) is 1.30. The summed E-state index contributed by atoms with van der Waals surface area (Å²) < 4.78 is 36.6. The van der Waals surface area contributed by atoms with Gasteiger partial charge in [-0.15, -0.1) is 0 Å². The maximum absolute atomic E-state index is 12.2. The van der Waals surface area contributed by atoms with Crippen LogP contribution in [0.3, 0.4) is 0 Å². The van der Waals surface area contributed by atoms with Crippen LogP contribution in [0.25, 0.3) is 0 Å². The van der Waals surface area contributed by atoms with Crippen molar-refractivity contribution in [3.05, 3.63) is 35.5 Å². The van der Waals surface area contributed by atoms with Gasteiger partial charge in [0.25, 0.3) is 0 Å². The third-order valence-electron chi connectivity index (χ3n) is 2.11. The molecule has 78 valence electrons. The van der Waals surface area contributed by atoms with E-state index < -0.39 is 11.7 Å². The molecule has 0 nitrogen and oxygen atoms in total. The topological polar surface area (TPSA) is 0 Å². The first-order valence-electron chi connectivity index (χ1n) is 4.67. The van der Waals surface area contributed by atoms with Crippen molar-refractivity contribution >= 4 is 0 Å². The SMILES string of the molecule is CC/C=C\C1=CC=C(C(F)(F)F)CC1. The molecule has 0 saturated heterocycles. The lowest BCUT2D eigenvalue weighted by Crippen LogP contribution is -2.13. The van der Waals surface area contributed by atoms with Gasteiger partial charge in [-0.1, -0.05) is 31.2 Å². The van der Waals surface area contributed by atoms with Crippen LogP contribution in [0.2, 0.25) is 0 Å². The van der Waals surface area contributed by atoms with E-state index in [4.69, 9.17) is 0 Å². The van der Waals surface area contributed by atoms with E-state index in [1.54, 1.807) is 6.08 Å². The lowest BCUT2D eigenvalue weighted by atomic mass is 9.97. The van der Waals surface area contributed by atoms with Gasteiger partial charge in [0.2, 0.25) is 0 Å². The van der Waals surface area contributed by atoms with Crippen molar-refractivity contribution in [3.8, 4) is 0 Å². The van der Waals surface area contributed by atoms with Crippen molar-refractivity contribution in [2.45, 2.75) is 32.4 Å². The summed E-state index contributed by atoms with van der Waals surface area (Å²) in [6.45, 7) is 2.00. The predicted molar refractivity (Wildman–Crippen MR) is 50.9 cm³/mol. The van der Waals surface area contributed by atoms with E-state index in [0.717, 1.165) is 12.0 Å². The van der Waals surface area contributed by atoms with E-state index >= 15 is 0 Å². The molecule has 0 heterocycles. The van der Waals surface area contributed by atoms with Gasteiger partial charge in [-0.2, -0.15) is 13.2 Å². The normalized spacial score (nSPS) is 18.3. The molecule has 3 heteroatoms. The zero-order valence-corrected chi connectivity index (χ0v) is 8.06. The van der Waals surface area contributed by atoms with Crippen LogP contribution in [0.15, 0.2) is 35.5 Å². The van der Waals surface area contributed by atoms with Gasteiger partial charge in [-0.3, -0.25) is 0 Å². The average Bonchev–Trinajstić information content (AvgIpc) is 2.14. The number of alkyl halides is 3. The highest BCUT2D eigenvalue weighted by Gasteiger charge is 2.33. The number of hydrogen-bond donors (Lipinski definition) is 0. The Kier molecular flexibility index (Phi) is 3.55. The van der Waals surface area contributed by atoms with E-state index in [1.807, 2.05) is 19.1 Å². The smallest absolute Gasteiger partial charge is 0.166 e. The van der Waals surface area contributed by atoms with E-state index in [0.29, 0.717) is 6.42 Å². The Morgan fingerprint density at radius 2 is 2.00 bits per heavy atom. The maximum Gasteiger partial charge on any atom is 0.412 e. The quantitative estimate of drug-likeness (QED) is 0.630. The second-order valence-corrected chi connectivity index (χ2v) is 3.24. The molecular formula is C11H13F3. The van der Waals surface area contributed by atoms with Crippen LogP contribution in [-0.2, 0) is 0 Å². The minimum atomic E-state index is -4.16. The lowest BCUT2D eigenvalue weighted by molar-refractivity contribution is -0.0940. The summed E-state index contributed by atoms with van der Waals surface area (Å²) in [6.07, 6.45) is 3.92. The van der Waals surface area contributed by atoms with Crippen molar-refractivity contribution in [2.75, 3.05) is 0 Å². The maximum atomic E-state index is 12.2. The van der Waals surface area contributed by atoms with Gasteiger partial charge in [0.05, 0.1) is 0 Å². The van der Waals surface area contributed by atoms with E-state index in [-0.39, 0.29) is 6.42 Å². The molecule has 1 aliphatic rings. The molecule has 0 aliphatic heterocycles. The number of allylic oxidation sites excluding steroid dienone is 6. The largest absolute Gasteiger partial charge is 0.412 e. The van der Waals surface area contributed by atoms with E-state index in [2.05, 4.69) is 0 Å². The molecule has 0 aromatic carbocycles. The van der Waals surface area contributed by atoms with Crippen molar-refractivity contribution in [1.82, 2.24) is 0 Å². The average molecular weight is 202 g/mol. The highest BCUT2D eigenvalue weighted by Crippen LogP contribution is 2.32. The van der Waals surface area contributed by atoms with Crippen LogP contribution < -0.4 is 0 Å². The first-order chi connectivity index (χ1) is 6.54. The highest BCUT2D eigenvalue weighted by molar-refractivity contribution is 5.32. The second-order valence-electron chi connectivity index (χ2n) is 3.24. The zero-order valence-electron chi connectivity index (χ0n) is 8.06. The molecule has 0 atom stereocenters. The van der Waals surface area contributed by atoms with Crippen molar-refractivity contribution in [3.63, 3.8) is 0 Å². The third-order valence-corrected chi connectivity index (χ3v) is 2.11. The summed E-state index contributed by atoms with van der Waals surface area (Å²) in [5, 5.41) is 0. The van der Waals surface area contributed by atoms with E-state index in [9.17, 15) is 13.2 Å². The highest BCUT2D eigenvalue weighted by atomic mass is 19.4. The summed E-state index contributed by atoms with van der Waals surface area (Å²) in [6, 6.07) is 0. The first kappa shape index (κ1) is 11.1. The Morgan fingerprint density at radius 1 is 1.29 bits per heavy atom. The van der Waals surface area contributed by atoms with Gasteiger partial charge in [-0.25, -0.2) is 0 Å². The van der Waals surface area contributed by atoms with Gasteiger partial charge in [0.1, 0.15) is 0 Å². The number of hydrogen-bond acceptors (Lipinski definition) is 0. The molecule has 0 bridgehead atoms. The van der Waals surface area contributed by atoms with Gasteiger partial charge < -0.3 is 0 Å². The van der Waals surface area contributed by atoms with Gasteiger partial charge >= 0.3 is 6.18 Å². The van der Waals surface area contributed by atoms with Gasteiger partial charge in [0, 0.05) is 5.57 Å². The summed E-state index contributed by atoms with van der Waals surface area (Å²) in [7, 11) is 0. The van der Waals surface area contributed by atoms with Crippen LogP contribution in [0, 0.1) is 0 Å². The summed E-state index contributed by atoms with van der Waals surface area (Å²) in [5.41, 5.74) is 0.547. The Morgan fingerprint density at radius 3 is 2.43 bits per heavy atom. The standard InChI is InChI=1S/C11H13F3/c1-2-3-4-9-5-7-10(8-6-9)11(12,13)14/h3-5,7H,2,6,8H2,1H3/b4-3-. The number of halogens is 3. The molecular weight excluding hydrogens is 189 g/mol. The Balaban J connectivity index is 2.69. The Labute approximate surface area is 81.8 Å². The zero-order chi connectivity index (χ0) is 10.6. The summed E-state index contributed by atoms with van der Waals surface area (Å²) in [4.78, 5) is 0. The number of rotatable bonds is 2. The molecule has 0 amide bonds. The minimum Gasteiger partial charge on any atom is -0.166 e. The first-order valence-corrected chi connectivity index (χ1v) is 4.67. The Bertz CT molecular complexity index is 279. The van der Waals surface area contributed by atoms with Crippen molar-refractivity contribution in [1.29, 1.82) is 0 Å². The van der Waals surface area contributed by atoms with Crippen molar-refractivity contribution in [2.24, 2.45) is 0 Å². The summed E-state index contributed by atoms with van der Waals surface area (Å²) in [5.74, 6) is 0. The van der Waals surface area contributed by atoms with Crippen LogP contribution >= 0.6 is 0 Å². The second kappa shape index (κ2) is 4.49. The molecule has 1 aliphatic carbocycles. The molecule has 1 rings (SSSR count). The molecule has 0 saturated carbocycles. The Hall–Kier alpha value is -0.990. The molecule has 0 unspecified atom stereocenters. The van der Waals surface area contributed by atoms with Crippen LogP contribution in [0.1, 0.15) is 26.2 Å². The molecule has 0 aromatic rings. The van der Waals surface area contributed by atoms with Crippen molar-refractivity contribution < 1.29 is 13.2 Å². The van der Waals surface area contributed by atoms with Crippen LogP contribution in [0.4, 0.5) is 13.2 Å². The molecule has 0 spiro atoms. The van der Waals surface area contributed by atoms with Gasteiger partial charge in [-0.05, 0) is 24.8 Å². The lowest BCUT2D eigenvalue weighted by Gasteiger charge is -2.15. The molecule has 14 heavy (non-hydrogen) atoms. The predicted octanol–water partition coefficient (Wildman–Crippen LogP) is 4.16. The van der Waals surface area contributed by atoms with Gasteiger partial charge in [0.15, 0.2) is 0 Å². The van der Waals surface area contributed by atoms with E-state index in [1.165, 1.54) is 6.08 Å². The molecule has 0 radical (unpaired) electrons. The van der Waals surface area contributed by atoms with Crippen LogP contribution in [-0.4, -0.2) is 6.18 Å². The minimum absolute atomic E-state index is 0.101. The summed E-state index contributed by atoms with van der Waals surface area (Å²) >= 11 is 0. The third kappa shape index (κ3) is 3.05. The fourth-order valence-corrected chi connectivity index (χ4v) is 1.30. The molecule has 0 fully saturated rings. The monoisotopic (exact) mass is 202 g/mol. The fraction of sp³-hybridized carbons (Fsp3) is 0.455. The van der Waals surface area contributed by atoms with Crippen LogP contribution in [0.5, 0.6) is 0 Å². The molecule has 0 N–H and O–H groups in total. The molecule has 0 aromatic heterocycles.